The Labute approximate surface area is 115 Å². The first-order valence-corrected chi connectivity index (χ1v) is 6.83. The Morgan fingerprint density at radius 3 is 2.53 bits per heavy atom. The van der Waals surface area contributed by atoms with E-state index < -0.39 is 11.6 Å². The molecule has 0 fully saturated rings. The van der Waals surface area contributed by atoms with E-state index in [-0.39, 0.29) is 11.3 Å². The summed E-state index contributed by atoms with van der Waals surface area (Å²) in [6.07, 6.45) is 2.97. The van der Waals surface area contributed by atoms with Crippen molar-refractivity contribution in [1.29, 1.82) is 0 Å². The molecule has 1 aromatic rings. The van der Waals surface area contributed by atoms with Crippen LogP contribution in [0.2, 0.25) is 0 Å². The van der Waals surface area contributed by atoms with Crippen LogP contribution in [0.15, 0.2) is 24.3 Å². The van der Waals surface area contributed by atoms with E-state index in [0.29, 0.717) is 5.92 Å². The maximum atomic E-state index is 12.0. The molecule has 0 aliphatic rings. The van der Waals surface area contributed by atoms with E-state index in [2.05, 4.69) is 13.8 Å². The Kier molecular flexibility index (Phi) is 5.40. The molecule has 19 heavy (non-hydrogen) atoms. The monoisotopic (exact) mass is 264 g/mol. The fraction of sp³-hybridized carbons (Fsp3) is 0.562. The zero-order valence-corrected chi connectivity index (χ0v) is 12.3. The summed E-state index contributed by atoms with van der Waals surface area (Å²) in [7, 11) is 0. The van der Waals surface area contributed by atoms with E-state index in [9.17, 15) is 9.90 Å². The molecule has 0 saturated heterocycles. The van der Waals surface area contributed by atoms with Crippen LogP contribution in [-0.2, 0) is 4.74 Å². The summed E-state index contributed by atoms with van der Waals surface area (Å²) in [5.41, 5.74) is -0.284. The van der Waals surface area contributed by atoms with E-state index in [1.54, 1.807) is 18.2 Å². The van der Waals surface area contributed by atoms with Gasteiger partial charge in [0, 0.05) is 0 Å². The van der Waals surface area contributed by atoms with Crippen molar-refractivity contribution in [2.24, 2.45) is 5.92 Å². The largest absolute Gasteiger partial charge is 0.507 e. The van der Waals surface area contributed by atoms with Crippen LogP contribution in [0.5, 0.6) is 5.75 Å². The van der Waals surface area contributed by atoms with Gasteiger partial charge >= 0.3 is 5.97 Å². The number of phenols is 1. The van der Waals surface area contributed by atoms with E-state index in [0.717, 1.165) is 19.3 Å². The average molecular weight is 264 g/mol. The van der Waals surface area contributed by atoms with Crippen LogP contribution in [0, 0.1) is 5.92 Å². The third kappa shape index (κ3) is 5.33. The number of hydrogen-bond donors (Lipinski definition) is 1. The lowest BCUT2D eigenvalue weighted by Crippen LogP contribution is -2.28. The van der Waals surface area contributed by atoms with Gasteiger partial charge in [-0.3, -0.25) is 0 Å². The van der Waals surface area contributed by atoms with E-state index >= 15 is 0 Å². The van der Waals surface area contributed by atoms with E-state index in [1.165, 1.54) is 6.07 Å². The SMILES string of the molecule is CC(C)CCCC(C)(C)OC(=O)c1ccccc1O. The van der Waals surface area contributed by atoms with Crippen molar-refractivity contribution in [3.8, 4) is 5.75 Å². The van der Waals surface area contributed by atoms with Crippen molar-refractivity contribution < 1.29 is 14.6 Å². The number of para-hydroxylation sites is 1. The van der Waals surface area contributed by atoms with Crippen LogP contribution in [0.1, 0.15) is 57.3 Å². The zero-order chi connectivity index (χ0) is 14.5. The van der Waals surface area contributed by atoms with Crippen molar-refractivity contribution >= 4 is 5.97 Å². The van der Waals surface area contributed by atoms with Crippen molar-refractivity contribution in [3.63, 3.8) is 0 Å². The minimum absolute atomic E-state index is 0.0366. The van der Waals surface area contributed by atoms with Gasteiger partial charge < -0.3 is 9.84 Å². The molecule has 1 N–H and O–H groups in total. The van der Waals surface area contributed by atoms with Crippen LogP contribution < -0.4 is 0 Å². The fourth-order valence-corrected chi connectivity index (χ4v) is 1.94. The molecular formula is C16H24O3. The predicted octanol–water partition coefficient (Wildman–Crippen LogP) is 4.15. The highest BCUT2D eigenvalue weighted by Gasteiger charge is 2.24. The van der Waals surface area contributed by atoms with Crippen LogP contribution in [-0.4, -0.2) is 16.7 Å². The highest BCUT2D eigenvalue weighted by atomic mass is 16.6. The smallest absolute Gasteiger partial charge is 0.342 e. The number of ether oxygens (including phenoxy) is 1. The number of phenolic OH excluding ortho intramolecular Hbond substituents is 1. The van der Waals surface area contributed by atoms with Crippen LogP contribution in [0.4, 0.5) is 0 Å². The predicted molar refractivity (Wildman–Crippen MR) is 76.3 cm³/mol. The number of benzene rings is 1. The summed E-state index contributed by atoms with van der Waals surface area (Å²) in [5, 5.41) is 9.63. The summed E-state index contributed by atoms with van der Waals surface area (Å²) in [5.74, 6) is 0.155. The van der Waals surface area contributed by atoms with E-state index in [1.807, 2.05) is 13.8 Å². The van der Waals surface area contributed by atoms with Crippen LogP contribution in [0.3, 0.4) is 0 Å². The number of esters is 1. The Hall–Kier alpha value is -1.51. The second kappa shape index (κ2) is 6.60. The van der Waals surface area contributed by atoms with Gasteiger partial charge in [0.15, 0.2) is 0 Å². The number of carbonyl (C=O) groups excluding carboxylic acids is 1. The molecule has 0 radical (unpaired) electrons. The molecule has 0 bridgehead atoms. The summed E-state index contributed by atoms with van der Waals surface area (Å²) in [6, 6.07) is 6.45. The minimum atomic E-state index is -0.506. The van der Waals surface area contributed by atoms with Crippen LogP contribution >= 0.6 is 0 Å². The lowest BCUT2D eigenvalue weighted by atomic mass is 9.97. The third-order valence-electron chi connectivity index (χ3n) is 3.05. The lowest BCUT2D eigenvalue weighted by Gasteiger charge is -2.25. The second-order valence-corrected chi connectivity index (χ2v) is 5.95. The normalized spacial score (nSPS) is 11.6. The van der Waals surface area contributed by atoms with Gasteiger partial charge in [-0.2, -0.15) is 0 Å². The topological polar surface area (TPSA) is 46.5 Å². The molecule has 0 unspecified atom stereocenters. The third-order valence-corrected chi connectivity index (χ3v) is 3.05. The first kappa shape index (κ1) is 15.5. The van der Waals surface area contributed by atoms with E-state index in [4.69, 9.17) is 4.74 Å². The Morgan fingerprint density at radius 1 is 1.32 bits per heavy atom. The lowest BCUT2D eigenvalue weighted by molar-refractivity contribution is -0.00597. The minimum Gasteiger partial charge on any atom is -0.507 e. The van der Waals surface area contributed by atoms with Gasteiger partial charge in [-0.05, 0) is 44.7 Å². The van der Waals surface area contributed by atoms with Crippen molar-refractivity contribution in [1.82, 2.24) is 0 Å². The molecule has 1 aromatic carbocycles. The highest BCUT2D eigenvalue weighted by Crippen LogP contribution is 2.24. The average Bonchev–Trinajstić information content (AvgIpc) is 2.27. The Morgan fingerprint density at radius 2 is 1.95 bits per heavy atom. The number of carbonyl (C=O) groups is 1. The molecule has 0 aliphatic carbocycles. The molecule has 0 atom stereocenters. The van der Waals surface area contributed by atoms with Crippen LogP contribution in [0.25, 0.3) is 0 Å². The van der Waals surface area contributed by atoms with Crippen molar-refractivity contribution in [2.45, 2.75) is 52.6 Å². The Balaban J connectivity index is 2.58. The number of aromatic hydroxyl groups is 1. The molecular weight excluding hydrogens is 240 g/mol. The summed E-state index contributed by atoms with van der Waals surface area (Å²) in [4.78, 5) is 12.0. The summed E-state index contributed by atoms with van der Waals surface area (Å²) in [6.45, 7) is 8.18. The molecule has 0 amide bonds. The fourth-order valence-electron chi connectivity index (χ4n) is 1.94. The maximum absolute atomic E-state index is 12.0. The van der Waals surface area contributed by atoms with Crippen molar-refractivity contribution in [3.05, 3.63) is 29.8 Å². The van der Waals surface area contributed by atoms with Gasteiger partial charge in [0.1, 0.15) is 16.9 Å². The van der Waals surface area contributed by atoms with Gasteiger partial charge in [0.05, 0.1) is 0 Å². The molecule has 0 saturated carbocycles. The molecule has 0 aliphatic heterocycles. The Bertz CT molecular complexity index is 422. The maximum Gasteiger partial charge on any atom is 0.342 e. The standard InChI is InChI=1S/C16H24O3/c1-12(2)8-7-11-16(3,4)19-15(18)13-9-5-6-10-14(13)17/h5-6,9-10,12,17H,7-8,11H2,1-4H3. The summed E-state index contributed by atoms with van der Waals surface area (Å²) >= 11 is 0. The zero-order valence-electron chi connectivity index (χ0n) is 12.3. The molecule has 106 valence electrons. The molecule has 0 aromatic heterocycles. The molecule has 3 heteroatoms. The number of rotatable bonds is 6. The highest BCUT2D eigenvalue weighted by molar-refractivity contribution is 5.92. The quantitative estimate of drug-likeness (QED) is 0.785. The first-order valence-electron chi connectivity index (χ1n) is 6.83. The molecule has 0 spiro atoms. The number of hydrogen-bond acceptors (Lipinski definition) is 3. The van der Waals surface area contributed by atoms with Gasteiger partial charge in [-0.15, -0.1) is 0 Å². The van der Waals surface area contributed by atoms with Gasteiger partial charge in [-0.1, -0.05) is 32.4 Å². The van der Waals surface area contributed by atoms with Gasteiger partial charge in [0.25, 0.3) is 0 Å². The van der Waals surface area contributed by atoms with Gasteiger partial charge in [0.2, 0.25) is 0 Å². The summed E-state index contributed by atoms with van der Waals surface area (Å²) < 4.78 is 5.49. The second-order valence-electron chi connectivity index (χ2n) is 5.95. The van der Waals surface area contributed by atoms with Gasteiger partial charge in [-0.25, -0.2) is 4.79 Å². The molecule has 3 nitrogen and oxygen atoms in total. The molecule has 1 rings (SSSR count). The molecule has 0 heterocycles. The van der Waals surface area contributed by atoms with Crippen molar-refractivity contribution in [2.75, 3.05) is 0 Å². The first-order chi connectivity index (χ1) is 8.82.